The second-order valence-corrected chi connectivity index (χ2v) is 6.91. The third kappa shape index (κ3) is 5.70. The van der Waals surface area contributed by atoms with Crippen molar-refractivity contribution in [1.29, 1.82) is 0 Å². The molecule has 0 spiro atoms. The summed E-state index contributed by atoms with van der Waals surface area (Å²) in [5.74, 6) is 1.98. The van der Waals surface area contributed by atoms with Crippen molar-refractivity contribution in [2.45, 2.75) is 49.3 Å². The molecule has 0 amide bonds. The number of benzene rings is 1. The number of rotatable bonds is 9. The summed E-state index contributed by atoms with van der Waals surface area (Å²) in [6.07, 6.45) is -4.16. The van der Waals surface area contributed by atoms with E-state index < -0.39 is 37.3 Å². The molecular formula is C17H26O6S. The van der Waals surface area contributed by atoms with Crippen molar-refractivity contribution in [3.63, 3.8) is 0 Å². The molecule has 1 aromatic rings. The predicted molar refractivity (Wildman–Crippen MR) is 91.6 cm³/mol. The van der Waals surface area contributed by atoms with Crippen LogP contribution in [0, 0.1) is 0 Å². The quantitative estimate of drug-likeness (QED) is 0.478. The lowest BCUT2D eigenvalue weighted by molar-refractivity contribution is -0.296. The molecule has 1 aromatic carbocycles. The van der Waals surface area contributed by atoms with Crippen LogP contribution in [-0.2, 0) is 15.2 Å². The molecule has 1 fully saturated rings. The molecule has 6 nitrogen and oxygen atoms in total. The first-order valence-corrected chi connectivity index (χ1v) is 9.32. The van der Waals surface area contributed by atoms with Crippen molar-refractivity contribution in [1.82, 2.24) is 0 Å². The van der Waals surface area contributed by atoms with Crippen molar-refractivity contribution in [3.8, 4) is 0 Å². The third-order valence-electron chi connectivity index (χ3n) is 3.95. The molecule has 1 saturated heterocycles. The normalized spacial score (nSPS) is 30.4. The van der Waals surface area contributed by atoms with Crippen molar-refractivity contribution in [3.05, 3.63) is 35.9 Å². The van der Waals surface area contributed by atoms with Gasteiger partial charge >= 0.3 is 0 Å². The van der Waals surface area contributed by atoms with Crippen LogP contribution in [0.1, 0.15) is 18.4 Å². The van der Waals surface area contributed by atoms with Crippen LogP contribution < -0.4 is 0 Å². The van der Waals surface area contributed by atoms with Gasteiger partial charge in [0.25, 0.3) is 0 Å². The van der Waals surface area contributed by atoms with Gasteiger partial charge in [-0.15, -0.1) is 0 Å². The van der Waals surface area contributed by atoms with E-state index in [1.54, 1.807) is 0 Å². The van der Waals surface area contributed by atoms with E-state index in [1.807, 2.05) is 30.0 Å². The molecule has 0 saturated carbocycles. The topological polar surface area (TPSA) is 99.4 Å². The fourth-order valence-corrected chi connectivity index (χ4v) is 3.52. The lowest BCUT2D eigenvalue weighted by Crippen LogP contribution is -2.59. The van der Waals surface area contributed by atoms with Crippen LogP contribution in [0.15, 0.2) is 30.3 Å². The van der Waals surface area contributed by atoms with Crippen LogP contribution in [-0.4, -0.2) is 70.1 Å². The second kappa shape index (κ2) is 10.4. The van der Waals surface area contributed by atoms with Crippen LogP contribution in [0.3, 0.4) is 0 Å². The molecule has 1 aliphatic heterocycles. The Bertz CT molecular complexity index is 460. The average molecular weight is 358 g/mol. The lowest BCUT2D eigenvalue weighted by atomic mass is 9.99. The summed E-state index contributed by atoms with van der Waals surface area (Å²) >= 11 is 1.85. The Morgan fingerprint density at radius 2 is 1.79 bits per heavy atom. The first-order chi connectivity index (χ1) is 11.6. The minimum Gasteiger partial charge on any atom is -0.394 e. The van der Waals surface area contributed by atoms with E-state index in [0.717, 1.165) is 24.3 Å². The second-order valence-electron chi connectivity index (χ2n) is 5.81. The van der Waals surface area contributed by atoms with E-state index >= 15 is 0 Å². The highest BCUT2D eigenvalue weighted by Gasteiger charge is 2.44. The maximum absolute atomic E-state index is 9.95. The number of aliphatic hydroxyl groups is 4. The van der Waals surface area contributed by atoms with Gasteiger partial charge in [-0.25, -0.2) is 0 Å². The number of hydrogen-bond donors (Lipinski definition) is 4. The molecule has 2 rings (SSSR count). The van der Waals surface area contributed by atoms with Gasteiger partial charge in [0.05, 0.1) is 6.61 Å². The molecule has 24 heavy (non-hydrogen) atoms. The molecule has 1 heterocycles. The standard InChI is InChI=1S/C17H26O6S/c18-10-13-14(19)15(20)16(17(21)23-13)22-8-4-5-9-24-11-12-6-2-1-3-7-12/h1-3,6-7,13-21H,4-5,8-11H2/t13-,14-,15+,16-,17-/m1/s1. The minimum absolute atomic E-state index is 0.366. The lowest BCUT2D eigenvalue weighted by Gasteiger charge is -2.39. The number of unbranched alkanes of at least 4 members (excludes halogenated alkanes) is 1. The highest BCUT2D eigenvalue weighted by atomic mass is 32.2. The van der Waals surface area contributed by atoms with Gasteiger partial charge in [-0.1, -0.05) is 30.3 Å². The molecule has 4 N–H and O–H groups in total. The van der Waals surface area contributed by atoms with Crippen LogP contribution in [0.5, 0.6) is 0 Å². The van der Waals surface area contributed by atoms with Crippen LogP contribution in [0.4, 0.5) is 0 Å². The molecule has 0 radical (unpaired) electrons. The summed E-state index contributed by atoms with van der Waals surface area (Å²) in [5.41, 5.74) is 1.30. The van der Waals surface area contributed by atoms with Gasteiger partial charge in [-0.05, 0) is 24.2 Å². The molecular weight excluding hydrogens is 332 g/mol. The van der Waals surface area contributed by atoms with Crippen molar-refractivity contribution >= 4 is 11.8 Å². The van der Waals surface area contributed by atoms with Gasteiger partial charge in [-0.3, -0.25) is 0 Å². The maximum Gasteiger partial charge on any atom is 0.184 e. The smallest absolute Gasteiger partial charge is 0.184 e. The van der Waals surface area contributed by atoms with Gasteiger partial charge in [0.1, 0.15) is 24.4 Å². The van der Waals surface area contributed by atoms with Gasteiger partial charge in [0.15, 0.2) is 6.29 Å². The molecule has 1 aliphatic rings. The van der Waals surface area contributed by atoms with Gasteiger partial charge in [-0.2, -0.15) is 11.8 Å². The van der Waals surface area contributed by atoms with Crippen LogP contribution in [0.25, 0.3) is 0 Å². The van der Waals surface area contributed by atoms with Gasteiger partial charge < -0.3 is 29.9 Å². The first kappa shape index (κ1) is 19.7. The Balaban J connectivity index is 1.58. The van der Waals surface area contributed by atoms with E-state index in [9.17, 15) is 15.3 Å². The highest BCUT2D eigenvalue weighted by molar-refractivity contribution is 7.98. The third-order valence-corrected chi connectivity index (χ3v) is 5.06. The Morgan fingerprint density at radius 1 is 1.04 bits per heavy atom. The summed E-state index contributed by atoms with van der Waals surface area (Å²) in [6, 6.07) is 10.3. The molecule has 0 unspecified atom stereocenters. The van der Waals surface area contributed by atoms with Crippen molar-refractivity contribution < 1.29 is 29.9 Å². The number of aliphatic hydroxyl groups excluding tert-OH is 4. The maximum atomic E-state index is 9.95. The van der Waals surface area contributed by atoms with E-state index in [-0.39, 0.29) is 0 Å². The SMILES string of the molecule is OC[C@H]1O[C@@H](O)[C@H](OCCCCSCc2ccccc2)[C@@H](O)[C@@H]1O. The van der Waals surface area contributed by atoms with E-state index in [2.05, 4.69) is 12.1 Å². The summed E-state index contributed by atoms with van der Waals surface area (Å²) in [7, 11) is 0. The summed E-state index contributed by atoms with van der Waals surface area (Å²) in [5, 5.41) is 38.5. The van der Waals surface area contributed by atoms with Gasteiger partial charge in [0.2, 0.25) is 0 Å². The predicted octanol–water partition coefficient (Wildman–Crippen LogP) is 0.516. The zero-order valence-electron chi connectivity index (χ0n) is 13.5. The van der Waals surface area contributed by atoms with Crippen molar-refractivity contribution in [2.75, 3.05) is 19.0 Å². The Kier molecular flexibility index (Phi) is 8.48. The highest BCUT2D eigenvalue weighted by Crippen LogP contribution is 2.22. The summed E-state index contributed by atoms with van der Waals surface area (Å²) in [4.78, 5) is 0. The Labute approximate surface area is 146 Å². The molecule has 7 heteroatoms. The zero-order valence-corrected chi connectivity index (χ0v) is 14.3. The fraction of sp³-hybridized carbons (Fsp3) is 0.647. The van der Waals surface area contributed by atoms with E-state index in [4.69, 9.17) is 14.6 Å². The van der Waals surface area contributed by atoms with Crippen molar-refractivity contribution in [2.24, 2.45) is 0 Å². The minimum atomic E-state index is -1.35. The number of thioether (sulfide) groups is 1. The molecule has 0 aromatic heterocycles. The summed E-state index contributed by atoms with van der Waals surface area (Å²) < 4.78 is 10.5. The van der Waals surface area contributed by atoms with E-state index in [1.165, 1.54) is 5.56 Å². The Hall–Kier alpha value is -0.670. The van der Waals surface area contributed by atoms with E-state index in [0.29, 0.717) is 6.61 Å². The number of hydrogen-bond acceptors (Lipinski definition) is 7. The van der Waals surface area contributed by atoms with Gasteiger partial charge in [0, 0.05) is 12.4 Å². The molecule has 136 valence electrons. The first-order valence-electron chi connectivity index (χ1n) is 8.17. The molecule has 0 bridgehead atoms. The molecule has 0 aliphatic carbocycles. The zero-order chi connectivity index (χ0) is 17.4. The largest absolute Gasteiger partial charge is 0.394 e. The summed E-state index contributed by atoms with van der Waals surface area (Å²) in [6.45, 7) is -0.106. The van der Waals surface area contributed by atoms with Crippen LogP contribution in [0.2, 0.25) is 0 Å². The van der Waals surface area contributed by atoms with Crippen LogP contribution >= 0.6 is 11.8 Å². The Morgan fingerprint density at radius 3 is 2.50 bits per heavy atom. The monoisotopic (exact) mass is 358 g/mol. The average Bonchev–Trinajstić information content (AvgIpc) is 2.60. The number of ether oxygens (including phenoxy) is 2. The fourth-order valence-electron chi connectivity index (χ4n) is 2.54. The molecule has 5 atom stereocenters.